The topological polar surface area (TPSA) is 84.0 Å². The first-order chi connectivity index (χ1) is 10.8. The van der Waals surface area contributed by atoms with Crippen LogP contribution in [0.4, 0.5) is 5.69 Å². The molecular weight excluding hydrogens is 314 g/mol. The van der Waals surface area contributed by atoms with Gasteiger partial charge in [0.2, 0.25) is 0 Å². The number of H-pyrrole nitrogens is 1. The van der Waals surface area contributed by atoms with Gasteiger partial charge < -0.3 is 4.98 Å². The first-order valence-corrected chi connectivity index (χ1v) is 8.55. The zero-order valence-corrected chi connectivity index (χ0v) is 13.9. The molecule has 2 N–H and O–H groups in total. The van der Waals surface area contributed by atoms with E-state index in [2.05, 4.69) is 9.71 Å². The van der Waals surface area contributed by atoms with Gasteiger partial charge in [0.05, 0.1) is 21.6 Å². The number of benzene rings is 2. The lowest BCUT2D eigenvalue weighted by atomic mass is 10.2. The van der Waals surface area contributed by atoms with E-state index < -0.39 is 10.0 Å². The fourth-order valence-electron chi connectivity index (χ4n) is 2.61. The highest BCUT2D eigenvalue weighted by Gasteiger charge is 2.17. The van der Waals surface area contributed by atoms with Crippen molar-refractivity contribution in [1.82, 2.24) is 9.55 Å². The number of imidazole rings is 1. The van der Waals surface area contributed by atoms with E-state index in [-0.39, 0.29) is 10.6 Å². The third-order valence-corrected chi connectivity index (χ3v) is 5.32. The van der Waals surface area contributed by atoms with Gasteiger partial charge in [0.1, 0.15) is 0 Å². The van der Waals surface area contributed by atoms with E-state index in [0.717, 1.165) is 5.56 Å². The number of aryl methyl sites for hydroxylation is 3. The second-order valence-corrected chi connectivity index (χ2v) is 7.25. The Kier molecular flexibility index (Phi) is 3.52. The van der Waals surface area contributed by atoms with Crippen LogP contribution >= 0.6 is 0 Å². The Hall–Kier alpha value is -2.54. The molecule has 23 heavy (non-hydrogen) atoms. The standard InChI is InChI=1S/C16H17N3O3S/c1-10-4-7-15(11(2)8-10)23(21,22)18-12-5-6-14-13(9-12)17-16(20)19(14)3/h4-9,18H,1-3H3,(H,17,20). The van der Waals surface area contributed by atoms with Crippen molar-refractivity contribution >= 4 is 26.7 Å². The molecule has 0 spiro atoms. The summed E-state index contributed by atoms with van der Waals surface area (Å²) in [6.07, 6.45) is 0. The van der Waals surface area contributed by atoms with Gasteiger partial charge in [-0.15, -0.1) is 0 Å². The Morgan fingerprint density at radius 3 is 2.52 bits per heavy atom. The van der Waals surface area contributed by atoms with E-state index in [4.69, 9.17) is 0 Å². The lowest BCUT2D eigenvalue weighted by Gasteiger charge is -2.11. The van der Waals surface area contributed by atoms with Gasteiger partial charge in [-0.3, -0.25) is 9.29 Å². The number of nitrogens with zero attached hydrogens (tertiary/aromatic N) is 1. The van der Waals surface area contributed by atoms with Crippen molar-refractivity contribution in [2.24, 2.45) is 7.05 Å². The zero-order valence-electron chi connectivity index (χ0n) is 13.0. The highest BCUT2D eigenvalue weighted by molar-refractivity contribution is 7.92. The van der Waals surface area contributed by atoms with Gasteiger partial charge in [-0.05, 0) is 43.7 Å². The van der Waals surface area contributed by atoms with Gasteiger partial charge in [0.25, 0.3) is 10.0 Å². The van der Waals surface area contributed by atoms with Crippen LogP contribution in [0.25, 0.3) is 11.0 Å². The molecule has 6 nitrogen and oxygen atoms in total. The largest absolute Gasteiger partial charge is 0.326 e. The summed E-state index contributed by atoms with van der Waals surface area (Å²) in [5.74, 6) is 0. The molecule has 2 aromatic carbocycles. The van der Waals surface area contributed by atoms with Gasteiger partial charge in [-0.2, -0.15) is 0 Å². The molecule has 3 rings (SSSR count). The molecule has 0 saturated carbocycles. The minimum atomic E-state index is -3.68. The molecule has 0 amide bonds. The van der Waals surface area contributed by atoms with Crippen LogP contribution in [0.15, 0.2) is 46.1 Å². The van der Waals surface area contributed by atoms with Crippen molar-refractivity contribution in [3.63, 3.8) is 0 Å². The molecule has 0 unspecified atom stereocenters. The van der Waals surface area contributed by atoms with Crippen LogP contribution in [0.5, 0.6) is 0 Å². The first kappa shape index (κ1) is 15.4. The predicted octanol–water partition coefficient (Wildman–Crippen LogP) is 2.28. The smallest absolute Gasteiger partial charge is 0.305 e. The maximum Gasteiger partial charge on any atom is 0.326 e. The summed E-state index contributed by atoms with van der Waals surface area (Å²) in [7, 11) is -2.03. The van der Waals surface area contributed by atoms with Crippen LogP contribution in [0.2, 0.25) is 0 Å². The van der Waals surface area contributed by atoms with E-state index in [0.29, 0.717) is 22.3 Å². The van der Waals surface area contributed by atoms with Crippen molar-refractivity contribution in [3.8, 4) is 0 Å². The Balaban J connectivity index is 2.01. The number of aromatic amines is 1. The highest BCUT2D eigenvalue weighted by Crippen LogP contribution is 2.22. The molecule has 1 aromatic heterocycles. The van der Waals surface area contributed by atoms with Crippen molar-refractivity contribution < 1.29 is 8.42 Å². The first-order valence-electron chi connectivity index (χ1n) is 7.07. The Labute approximate surface area is 133 Å². The molecule has 3 aromatic rings. The number of rotatable bonds is 3. The monoisotopic (exact) mass is 331 g/mol. The summed E-state index contributed by atoms with van der Waals surface area (Å²) < 4.78 is 29.1. The summed E-state index contributed by atoms with van der Waals surface area (Å²) in [6, 6.07) is 10.1. The lowest BCUT2D eigenvalue weighted by molar-refractivity contribution is 0.600. The van der Waals surface area contributed by atoms with Crippen LogP contribution in [-0.4, -0.2) is 18.0 Å². The quantitative estimate of drug-likeness (QED) is 0.772. The second kappa shape index (κ2) is 5.27. The molecule has 0 aliphatic rings. The molecule has 120 valence electrons. The number of anilines is 1. The summed E-state index contributed by atoms with van der Waals surface area (Å²) in [4.78, 5) is 14.5. The maximum absolute atomic E-state index is 12.6. The number of aromatic nitrogens is 2. The van der Waals surface area contributed by atoms with Crippen LogP contribution in [0.3, 0.4) is 0 Å². The van der Waals surface area contributed by atoms with Gasteiger partial charge in [-0.25, -0.2) is 13.2 Å². The van der Waals surface area contributed by atoms with Gasteiger partial charge >= 0.3 is 5.69 Å². The Morgan fingerprint density at radius 1 is 1.09 bits per heavy atom. The second-order valence-electron chi connectivity index (χ2n) is 5.60. The average Bonchev–Trinajstić information content (AvgIpc) is 2.72. The molecule has 0 atom stereocenters. The predicted molar refractivity (Wildman–Crippen MR) is 90.3 cm³/mol. The minimum Gasteiger partial charge on any atom is -0.305 e. The lowest BCUT2D eigenvalue weighted by Crippen LogP contribution is -2.14. The van der Waals surface area contributed by atoms with E-state index in [1.807, 2.05) is 13.0 Å². The third-order valence-electron chi connectivity index (χ3n) is 3.78. The number of hydrogen-bond donors (Lipinski definition) is 2. The summed E-state index contributed by atoms with van der Waals surface area (Å²) in [5.41, 5.74) is 3.15. The molecule has 0 aliphatic heterocycles. The Bertz CT molecular complexity index is 1060. The van der Waals surface area contributed by atoms with Gasteiger partial charge in [0.15, 0.2) is 0 Å². The zero-order chi connectivity index (χ0) is 16.8. The SMILES string of the molecule is Cc1ccc(S(=O)(=O)Nc2ccc3c(c2)[nH]c(=O)n3C)c(C)c1. The van der Waals surface area contributed by atoms with E-state index in [1.165, 1.54) is 4.57 Å². The maximum atomic E-state index is 12.6. The number of hydrogen-bond acceptors (Lipinski definition) is 3. The van der Waals surface area contributed by atoms with E-state index in [9.17, 15) is 13.2 Å². The minimum absolute atomic E-state index is 0.241. The molecule has 1 heterocycles. The molecular formula is C16H17N3O3S. The number of sulfonamides is 1. The molecule has 0 aliphatic carbocycles. The van der Waals surface area contributed by atoms with Crippen LogP contribution in [0, 0.1) is 13.8 Å². The van der Waals surface area contributed by atoms with Crippen molar-refractivity contribution in [1.29, 1.82) is 0 Å². The van der Waals surface area contributed by atoms with Crippen LogP contribution < -0.4 is 10.4 Å². The molecule has 0 bridgehead atoms. The fourth-order valence-corrected chi connectivity index (χ4v) is 3.89. The van der Waals surface area contributed by atoms with Crippen LogP contribution in [0.1, 0.15) is 11.1 Å². The van der Waals surface area contributed by atoms with Crippen LogP contribution in [-0.2, 0) is 17.1 Å². The number of nitrogens with one attached hydrogen (secondary N) is 2. The normalized spacial score (nSPS) is 11.8. The summed E-state index contributed by atoms with van der Waals surface area (Å²) >= 11 is 0. The average molecular weight is 331 g/mol. The molecule has 0 radical (unpaired) electrons. The van der Waals surface area contributed by atoms with Gasteiger partial charge in [-0.1, -0.05) is 17.7 Å². The molecule has 0 saturated heterocycles. The third kappa shape index (κ3) is 2.75. The Morgan fingerprint density at radius 2 is 1.83 bits per heavy atom. The van der Waals surface area contributed by atoms with Crippen molar-refractivity contribution in [3.05, 3.63) is 58.0 Å². The number of fused-ring (bicyclic) bond motifs is 1. The molecule has 0 fully saturated rings. The van der Waals surface area contributed by atoms with E-state index >= 15 is 0 Å². The molecule has 7 heteroatoms. The van der Waals surface area contributed by atoms with E-state index in [1.54, 1.807) is 44.3 Å². The fraction of sp³-hybridized carbons (Fsp3) is 0.188. The summed E-state index contributed by atoms with van der Waals surface area (Å²) in [6.45, 7) is 3.68. The highest BCUT2D eigenvalue weighted by atomic mass is 32.2. The summed E-state index contributed by atoms with van der Waals surface area (Å²) in [5, 5.41) is 0. The van der Waals surface area contributed by atoms with Gasteiger partial charge in [0, 0.05) is 7.05 Å². The van der Waals surface area contributed by atoms with Crippen molar-refractivity contribution in [2.45, 2.75) is 18.7 Å². The van der Waals surface area contributed by atoms with Crippen molar-refractivity contribution in [2.75, 3.05) is 4.72 Å².